The van der Waals surface area contributed by atoms with Crippen LogP contribution in [-0.2, 0) is 9.53 Å². The van der Waals surface area contributed by atoms with E-state index < -0.39 is 0 Å². The number of rotatable bonds is 7. The van der Waals surface area contributed by atoms with E-state index in [1.807, 2.05) is 0 Å². The van der Waals surface area contributed by atoms with Crippen LogP contribution in [0, 0.1) is 29.1 Å². The predicted molar refractivity (Wildman–Crippen MR) is 107 cm³/mol. The molecular weight excluding hydrogens is 322 g/mol. The highest BCUT2D eigenvalue weighted by Crippen LogP contribution is 2.53. The number of fused-ring (bicyclic) bond motifs is 2. The maximum absolute atomic E-state index is 12.6. The zero-order valence-electron chi connectivity index (χ0n) is 17.5. The number of carbonyl (C=O) groups is 1. The van der Waals surface area contributed by atoms with Crippen molar-refractivity contribution in [3.63, 3.8) is 0 Å². The van der Waals surface area contributed by atoms with Crippen molar-refractivity contribution in [2.45, 2.75) is 91.7 Å². The highest BCUT2D eigenvalue weighted by Gasteiger charge is 2.51. The van der Waals surface area contributed by atoms with E-state index in [2.05, 4.69) is 46.0 Å². The smallest absolute Gasteiger partial charge is 0.311 e. The SMILES string of the molecule is CC(C)CCC[C@@H](C)NC[C@@H]1C(=O)O[C@@H]2C[C@@]3(C)CCC[C@H](C)C3=C[C@H]12. The molecule has 0 radical (unpaired) electrons. The van der Waals surface area contributed by atoms with Crippen molar-refractivity contribution >= 4 is 5.97 Å². The minimum absolute atomic E-state index is 0.00118. The van der Waals surface area contributed by atoms with E-state index in [-0.39, 0.29) is 29.3 Å². The first-order valence-corrected chi connectivity index (χ1v) is 11.0. The molecule has 1 N–H and O–H groups in total. The second-order valence-electron chi connectivity index (χ2n) is 9.97. The third kappa shape index (κ3) is 4.18. The van der Waals surface area contributed by atoms with Gasteiger partial charge in [0.1, 0.15) is 6.10 Å². The van der Waals surface area contributed by atoms with Crippen LogP contribution in [0.15, 0.2) is 11.6 Å². The Bertz CT molecular complexity index is 540. The first-order valence-electron chi connectivity index (χ1n) is 11.0. The van der Waals surface area contributed by atoms with Gasteiger partial charge in [-0.05, 0) is 49.9 Å². The fourth-order valence-corrected chi connectivity index (χ4v) is 5.54. The van der Waals surface area contributed by atoms with Gasteiger partial charge in [-0.1, -0.05) is 58.6 Å². The molecule has 2 fully saturated rings. The normalized spacial score (nSPS) is 37.8. The lowest BCUT2D eigenvalue weighted by Crippen LogP contribution is -2.41. The minimum Gasteiger partial charge on any atom is -0.461 e. The summed E-state index contributed by atoms with van der Waals surface area (Å²) in [5.74, 6) is 1.73. The Labute approximate surface area is 160 Å². The van der Waals surface area contributed by atoms with Crippen LogP contribution in [0.5, 0.6) is 0 Å². The van der Waals surface area contributed by atoms with Gasteiger partial charge in [0.25, 0.3) is 0 Å². The van der Waals surface area contributed by atoms with E-state index in [9.17, 15) is 4.79 Å². The number of ether oxygens (including phenoxy) is 1. The van der Waals surface area contributed by atoms with Crippen LogP contribution in [0.4, 0.5) is 0 Å². The molecule has 3 nitrogen and oxygen atoms in total. The van der Waals surface area contributed by atoms with Gasteiger partial charge in [0, 0.05) is 18.5 Å². The molecule has 26 heavy (non-hydrogen) atoms. The standard InChI is InChI=1S/C23H39NO2/c1-15(2)8-6-10-17(4)24-14-19-18-12-20-16(3)9-7-11-23(20,5)13-21(18)26-22(19)25/h12,15-19,21,24H,6-11,13-14H2,1-5H3/t16-,17+,18+,19-,21+,23+/m0/s1. The number of nitrogens with one attached hydrogen (secondary N) is 1. The van der Waals surface area contributed by atoms with Gasteiger partial charge < -0.3 is 10.1 Å². The van der Waals surface area contributed by atoms with Gasteiger partial charge in [-0.15, -0.1) is 0 Å². The lowest BCUT2D eigenvalue weighted by molar-refractivity contribution is -0.145. The maximum Gasteiger partial charge on any atom is 0.311 e. The molecule has 0 unspecified atom stereocenters. The van der Waals surface area contributed by atoms with Gasteiger partial charge in [0.05, 0.1) is 5.92 Å². The Hall–Kier alpha value is -0.830. The third-order valence-electron chi connectivity index (χ3n) is 7.19. The van der Waals surface area contributed by atoms with Gasteiger partial charge in [-0.25, -0.2) is 0 Å². The highest BCUT2D eigenvalue weighted by molar-refractivity contribution is 5.76. The largest absolute Gasteiger partial charge is 0.461 e. The number of esters is 1. The topological polar surface area (TPSA) is 38.3 Å². The summed E-state index contributed by atoms with van der Waals surface area (Å²) in [4.78, 5) is 12.6. The molecule has 1 saturated heterocycles. The van der Waals surface area contributed by atoms with E-state index in [1.165, 1.54) is 38.5 Å². The Morgan fingerprint density at radius 1 is 1.31 bits per heavy atom. The average Bonchev–Trinajstić information content (AvgIpc) is 2.84. The zero-order chi connectivity index (χ0) is 18.9. The molecule has 0 spiro atoms. The molecule has 3 aliphatic rings. The van der Waals surface area contributed by atoms with Crippen molar-refractivity contribution in [3.8, 4) is 0 Å². The van der Waals surface area contributed by atoms with E-state index in [0.29, 0.717) is 12.0 Å². The summed E-state index contributed by atoms with van der Waals surface area (Å²) in [7, 11) is 0. The lowest BCUT2D eigenvalue weighted by atomic mass is 9.59. The average molecular weight is 362 g/mol. The molecule has 0 aromatic heterocycles. The maximum atomic E-state index is 12.6. The summed E-state index contributed by atoms with van der Waals surface area (Å²) in [5, 5.41) is 3.62. The van der Waals surface area contributed by atoms with Crippen LogP contribution >= 0.6 is 0 Å². The summed E-state index contributed by atoms with van der Waals surface area (Å²) in [6, 6.07) is 0.468. The number of hydrogen-bond donors (Lipinski definition) is 1. The Balaban J connectivity index is 1.61. The molecule has 3 rings (SSSR count). The molecule has 1 aliphatic heterocycles. The van der Waals surface area contributed by atoms with Crippen LogP contribution < -0.4 is 5.32 Å². The van der Waals surface area contributed by atoms with E-state index in [4.69, 9.17) is 4.74 Å². The molecular formula is C23H39NO2. The Kier molecular flexibility index (Phi) is 6.16. The monoisotopic (exact) mass is 361 g/mol. The van der Waals surface area contributed by atoms with E-state index in [0.717, 1.165) is 18.9 Å². The van der Waals surface area contributed by atoms with Crippen molar-refractivity contribution in [2.24, 2.45) is 29.1 Å². The quantitative estimate of drug-likeness (QED) is 0.506. The fraction of sp³-hybridized carbons (Fsp3) is 0.870. The van der Waals surface area contributed by atoms with Crippen LogP contribution in [0.2, 0.25) is 0 Å². The molecule has 6 atom stereocenters. The van der Waals surface area contributed by atoms with Crippen molar-refractivity contribution in [3.05, 3.63) is 11.6 Å². The highest BCUT2D eigenvalue weighted by atomic mass is 16.6. The summed E-state index contributed by atoms with van der Waals surface area (Å²) in [5.41, 5.74) is 1.87. The summed E-state index contributed by atoms with van der Waals surface area (Å²) < 4.78 is 5.85. The lowest BCUT2D eigenvalue weighted by Gasteiger charge is -2.46. The third-order valence-corrected chi connectivity index (χ3v) is 7.19. The molecule has 0 aromatic carbocycles. The van der Waals surface area contributed by atoms with Gasteiger partial charge >= 0.3 is 5.97 Å². The number of carbonyl (C=O) groups excluding carboxylic acids is 1. The van der Waals surface area contributed by atoms with Gasteiger partial charge in [0.2, 0.25) is 0 Å². The summed E-state index contributed by atoms with van der Waals surface area (Å²) in [6.07, 6.45) is 11.2. The van der Waals surface area contributed by atoms with E-state index >= 15 is 0 Å². The predicted octanol–water partition coefficient (Wildman–Crippen LogP) is 5.11. The second-order valence-corrected chi connectivity index (χ2v) is 9.97. The first kappa shape index (κ1) is 19.9. The van der Waals surface area contributed by atoms with Crippen LogP contribution in [0.1, 0.15) is 79.6 Å². The zero-order valence-corrected chi connectivity index (χ0v) is 17.5. The van der Waals surface area contributed by atoms with Crippen LogP contribution in [0.25, 0.3) is 0 Å². The molecule has 0 amide bonds. The fourth-order valence-electron chi connectivity index (χ4n) is 5.54. The number of allylic oxidation sites excluding steroid dienone is 1. The number of hydrogen-bond acceptors (Lipinski definition) is 3. The van der Waals surface area contributed by atoms with Crippen molar-refractivity contribution < 1.29 is 9.53 Å². The molecule has 148 valence electrons. The second kappa shape index (κ2) is 8.04. The Morgan fingerprint density at radius 3 is 2.81 bits per heavy atom. The summed E-state index contributed by atoms with van der Waals surface area (Å²) >= 11 is 0. The molecule has 1 heterocycles. The minimum atomic E-state index is -0.00118. The molecule has 0 aromatic rings. The van der Waals surface area contributed by atoms with Crippen LogP contribution in [0.3, 0.4) is 0 Å². The summed E-state index contributed by atoms with van der Waals surface area (Å²) in [6.45, 7) is 12.3. The molecule has 3 heteroatoms. The van der Waals surface area contributed by atoms with Crippen molar-refractivity contribution in [1.82, 2.24) is 5.32 Å². The molecule has 0 bridgehead atoms. The van der Waals surface area contributed by atoms with Gasteiger partial charge in [-0.3, -0.25) is 4.79 Å². The van der Waals surface area contributed by atoms with E-state index in [1.54, 1.807) is 5.57 Å². The molecule has 1 saturated carbocycles. The Morgan fingerprint density at radius 2 is 2.08 bits per heavy atom. The van der Waals surface area contributed by atoms with Crippen molar-refractivity contribution in [1.29, 1.82) is 0 Å². The van der Waals surface area contributed by atoms with Crippen molar-refractivity contribution in [2.75, 3.05) is 6.54 Å². The molecule has 2 aliphatic carbocycles. The van der Waals surface area contributed by atoms with Gasteiger partial charge in [0.15, 0.2) is 0 Å². The van der Waals surface area contributed by atoms with Crippen LogP contribution in [-0.4, -0.2) is 24.7 Å². The van der Waals surface area contributed by atoms with Gasteiger partial charge in [-0.2, -0.15) is 0 Å². The first-order chi connectivity index (χ1) is 12.3.